The summed E-state index contributed by atoms with van der Waals surface area (Å²) in [6.45, 7) is 6.61. The lowest BCUT2D eigenvalue weighted by atomic mass is 10.1. The first-order valence-electron chi connectivity index (χ1n) is 11.3. The van der Waals surface area contributed by atoms with E-state index in [4.69, 9.17) is 0 Å². The van der Waals surface area contributed by atoms with E-state index in [0.29, 0.717) is 0 Å². The summed E-state index contributed by atoms with van der Waals surface area (Å²) in [5.41, 5.74) is 5.69. The quantitative estimate of drug-likeness (QED) is 0.493. The van der Waals surface area contributed by atoms with E-state index >= 15 is 0 Å². The highest BCUT2D eigenvalue weighted by atomic mass is 14.9. The molecule has 4 nitrogen and oxygen atoms in total. The van der Waals surface area contributed by atoms with Gasteiger partial charge < -0.3 is 21.3 Å². The fourth-order valence-corrected chi connectivity index (χ4v) is 3.62. The molecule has 4 aliphatic heterocycles. The highest BCUT2D eigenvalue weighted by molar-refractivity contribution is 5.54. The van der Waals surface area contributed by atoms with E-state index in [-0.39, 0.29) is 0 Å². The minimum absolute atomic E-state index is 1.05. The van der Waals surface area contributed by atoms with Crippen LogP contribution < -0.4 is 21.3 Å². The van der Waals surface area contributed by atoms with Crippen LogP contribution in [-0.4, -0.2) is 26.2 Å². The van der Waals surface area contributed by atoms with Crippen molar-refractivity contribution >= 4 is 5.69 Å². The van der Waals surface area contributed by atoms with Crippen LogP contribution in [0.25, 0.3) is 0 Å². The van der Waals surface area contributed by atoms with E-state index in [1.54, 1.807) is 0 Å². The molecule has 4 heteroatoms. The zero-order chi connectivity index (χ0) is 20.7. The zero-order valence-corrected chi connectivity index (χ0v) is 18.0. The van der Waals surface area contributed by atoms with E-state index in [0.717, 1.165) is 39.3 Å². The molecule has 0 fully saturated rings. The van der Waals surface area contributed by atoms with Crippen LogP contribution in [0.4, 0.5) is 5.69 Å². The van der Waals surface area contributed by atoms with Crippen LogP contribution in [0.1, 0.15) is 36.0 Å². The Bertz CT molecular complexity index is 668. The normalized spacial score (nSPS) is 17.3. The van der Waals surface area contributed by atoms with E-state index in [2.05, 4.69) is 88.0 Å². The third kappa shape index (κ3) is 8.05. The van der Waals surface area contributed by atoms with E-state index in [1.165, 1.54) is 48.1 Å². The van der Waals surface area contributed by atoms with E-state index in [1.807, 2.05) is 6.20 Å². The maximum absolute atomic E-state index is 3.30. The van der Waals surface area contributed by atoms with Gasteiger partial charge in [-0.2, -0.15) is 0 Å². The Hall–Kier alpha value is -2.56. The zero-order valence-electron chi connectivity index (χ0n) is 18.0. The van der Waals surface area contributed by atoms with Crippen molar-refractivity contribution < 1.29 is 0 Å². The van der Waals surface area contributed by atoms with Crippen molar-refractivity contribution in [2.75, 3.05) is 31.5 Å². The van der Waals surface area contributed by atoms with Crippen molar-refractivity contribution in [2.45, 2.75) is 38.8 Å². The molecule has 0 atom stereocenters. The second kappa shape index (κ2) is 13.6. The standard InChI is InChI=1S/2C8H9N.2C5H9N/c1-2-4-8-6-9-5-7(8)3-1;1-2-4-8-7(3-1)5-6-9-8;2*1-2-4-6-5-3-1/h2*1-4,9H,5-6H2;2,4,6H,1,3,5H2;1-2,6H,3-5H2. The second-order valence-corrected chi connectivity index (χ2v) is 7.67. The molecule has 4 N–H and O–H groups in total. The Balaban J connectivity index is 0.000000116. The van der Waals surface area contributed by atoms with Crippen molar-refractivity contribution in [1.82, 2.24) is 16.0 Å². The third-order valence-electron chi connectivity index (χ3n) is 5.32. The Morgan fingerprint density at radius 2 is 1.40 bits per heavy atom. The molecule has 0 saturated heterocycles. The predicted molar refractivity (Wildman–Crippen MR) is 129 cm³/mol. The van der Waals surface area contributed by atoms with Crippen LogP contribution in [0, 0.1) is 0 Å². The van der Waals surface area contributed by atoms with Gasteiger partial charge in [0, 0.05) is 38.4 Å². The van der Waals surface area contributed by atoms with Gasteiger partial charge >= 0.3 is 0 Å². The number of hydrogen-bond donors (Lipinski definition) is 4. The average molecular weight is 405 g/mol. The molecule has 0 amide bonds. The predicted octanol–water partition coefficient (Wildman–Crippen LogP) is 4.36. The SMILES string of the molecule is C1=CCNCC1.C1=CNCCC1.c1ccc2c(c1)CCN2.c1ccc2c(c1)CNC2. The van der Waals surface area contributed by atoms with Crippen molar-refractivity contribution in [3.05, 3.63) is 89.6 Å². The average Bonchev–Trinajstić information content (AvgIpc) is 3.52. The first-order valence-corrected chi connectivity index (χ1v) is 11.3. The lowest BCUT2D eigenvalue weighted by molar-refractivity contribution is 0.728. The molecule has 0 aliphatic carbocycles. The fourth-order valence-electron chi connectivity index (χ4n) is 3.62. The molecule has 4 aliphatic rings. The molecule has 2 aromatic rings. The number of anilines is 1. The summed E-state index contributed by atoms with van der Waals surface area (Å²) < 4.78 is 0. The molecule has 6 rings (SSSR count). The molecule has 0 spiro atoms. The van der Waals surface area contributed by atoms with Gasteiger partial charge in [0.1, 0.15) is 0 Å². The molecule has 0 radical (unpaired) electrons. The number of hydrogen-bond acceptors (Lipinski definition) is 4. The number of rotatable bonds is 0. The Morgan fingerprint density at radius 3 is 1.87 bits per heavy atom. The first-order chi connectivity index (χ1) is 14.9. The molecule has 160 valence electrons. The first kappa shape index (κ1) is 22.1. The maximum Gasteiger partial charge on any atom is 0.0373 e. The molecule has 0 unspecified atom stereocenters. The largest absolute Gasteiger partial charge is 0.391 e. The van der Waals surface area contributed by atoms with Gasteiger partial charge in [0.25, 0.3) is 0 Å². The molecule has 0 saturated carbocycles. The van der Waals surface area contributed by atoms with Crippen molar-refractivity contribution in [2.24, 2.45) is 0 Å². The molecular weight excluding hydrogens is 368 g/mol. The number of para-hydroxylation sites is 1. The van der Waals surface area contributed by atoms with Gasteiger partial charge in [-0.25, -0.2) is 0 Å². The fraction of sp³-hybridized carbons (Fsp3) is 0.385. The van der Waals surface area contributed by atoms with Crippen LogP contribution in [0.15, 0.2) is 73.0 Å². The summed E-state index contributed by atoms with van der Waals surface area (Å²) in [5.74, 6) is 0. The Labute approximate surface area is 181 Å². The van der Waals surface area contributed by atoms with Gasteiger partial charge in [-0.1, -0.05) is 60.7 Å². The van der Waals surface area contributed by atoms with Crippen LogP contribution >= 0.6 is 0 Å². The smallest absolute Gasteiger partial charge is 0.0373 e. The van der Waals surface area contributed by atoms with Gasteiger partial charge in [0.15, 0.2) is 0 Å². The summed E-state index contributed by atoms with van der Waals surface area (Å²) in [6.07, 6.45) is 13.5. The molecule has 30 heavy (non-hydrogen) atoms. The maximum atomic E-state index is 3.30. The Kier molecular flexibility index (Phi) is 10.1. The van der Waals surface area contributed by atoms with Crippen LogP contribution in [0.2, 0.25) is 0 Å². The van der Waals surface area contributed by atoms with Crippen molar-refractivity contribution in [3.63, 3.8) is 0 Å². The van der Waals surface area contributed by atoms with Crippen molar-refractivity contribution in [3.8, 4) is 0 Å². The highest BCUT2D eigenvalue weighted by Crippen LogP contribution is 2.20. The minimum atomic E-state index is 1.05. The summed E-state index contributed by atoms with van der Waals surface area (Å²) in [7, 11) is 0. The number of fused-ring (bicyclic) bond motifs is 2. The number of allylic oxidation sites excluding steroid dienone is 1. The van der Waals surface area contributed by atoms with Crippen LogP contribution in [0.3, 0.4) is 0 Å². The summed E-state index contributed by atoms with van der Waals surface area (Å²) in [5, 5.41) is 12.9. The molecule has 0 aromatic heterocycles. The molecule has 0 bridgehead atoms. The van der Waals surface area contributed by atoms with Crippen molar-refractivity contribution in [1.29, 1.82) is 0 Å². The number of nitrogens with one attached hydrogen (secondary N) is 4. The highest BCUT2D eigenvalue weighted by Gasteiger charge is 2.06. The topological polar surface area (TPSA) is 48.1 Å². The van der Waals surface area contributed by atoms with Gasteiger partial charge in [-0.05, 0) is 61.2 Å². The third-order valence-corrected chi connectivity index (χ3v) is 5.32. The van der Waals surface area contributed by atoms with E-state index in [9.17, 15) is 0 Å². The summed E-state index contributed by atoms with van der Waals surface area (Å²) in [4.78, 5) is 0. The Morgan fingerprint density at radius 1 is 0.633 bits per heavy atom. The summed E-state index contributed by atoms with van der Waals surface area (Å²) in [6, 6.07) is 17.0. The molecule has 4 heterocycles. The monoisotopic (exact) mass is 404 g/mol. The van der Waals surface area contributed by atoms with Gasteiger partial charge in [-0.3, -0.25) is 0 Å². The summed E-state index contributed by atoms with van der Waals surface area (Å²) >= 11 is 0. The van der Waals surface area contributed by atoms with E-state index < -0.39 is 0 Å². The van der Waals surface area contributed by atoms with Gasteiger partial charge in [-0.15, -0.1) is 0 Å². The van der Waals surface area contributed by atoms with Gasteiger partial charge in [0.2, 0.25) is 0 Å². The lowest BCUT2D eigenvalue weighted by Crippen LogP contribution is -2.17. The minimum Gasteiger partial charge on any atom is -0.391 e. The van der Waals surface area contributed by atoms with Crippen LogP contribution in [0.5, 0.6) is 0 Å². The lowest BCUT2D eigenvalue weighted by Gasteiger charge is -2.02. The van der Waals surface area contributed by atoms with Crippen LogP contribution in [-0.2, 0) is 19.5 Å². The molecular formula is C26H36N4. The van der Waals surface area contributed by atoms with Gasteiger partial charge in [0.05, 0.1) is 0 Å². The molecule has 2 aromatic carbocycles. The second-order valence-electron chi connectivity index (χ2n) is 7.67. The number of benzene rings is 2.